The number of aromatic nitrogens is 2. The molecule has 1 aliphatic heterocycles. The van der Waals surface area contributed by atoms with E-state index < -0.39 is 0 Å². The second-order valence-corrected chi connectivity index (χ2v) is 6.62. The molecule has 0 spiro atoms. The molecule has 2 fully saturated rings. The van der Waals surface area contributed by atoms with Crippen LogP contribution in [0, 0.1) is 18.8 Å². The Bertz CT molecular complexity index is 462. The standard InChI is InChI=1S/C13H21BrN4.ClH/c1-8-13(14)12(17(2)16-8)7-18-5-9-3-4-11(15)10(9)6-18;/h9-11H,3-7,15H2,1-2H3;1H. The molecule has 0 bridgehead atoms. The van der Waals surface area contributed by atoms with Crippen molar-refractivity contribution in [1.29, 1.82) is 0 Å². The molecule has 19 heavy (non-hydrogen) atoms. The van der Waals surface area contributed by atoms with Crippen molar-refractivity contribution in [3.63, 3.8) is 0 Å². The SMILES string of the molecule is Cc1nn(C)c(CN2CC3CCC(N)C3C2)c1Br.Cl. The Morgan fingerprint density at radius 3 is 2.68 bits per heavy atom. The van der Waals surface area contributed by atoms with Gasteiger partial charge in [-0.15, -0.1) is 12.4 Å². The molecule has 2 heterocycles. The molecule has 3 rings (SSSR count). The Labute approximate surface area is 129 Å². The van der Waals surface area contributed by atoms with Gasteiger partial charge in [-0.3, -0.25) is 9.58 Å². The maximum absolute atomic E-state index is 6.19. The molecular formula is C13H22BrClN4. The molecule has 2 aliphatic rings. The largest absolute Gasteiger partial charge is 0.327 e. The number of nitrogens with zero attached hydrogens (tertiary/aromatic N) is 3. The summed E-state index contributed by atoms with van der Waals surface area (Å²) in [7, 11) is 2.02. The third-order valence-corrected chi connectivity index (χ3v) is 5.65. The van der Waals surface area contributed by atoms with E-state index in [0.29, 0.717) is 6.04 Å². The highest BCUT2D eigenvalue weighted by atomic mass is 79.9. The van der Waals surface area contributed by atoms with Crippen LogP contribution < -0.4 is 5.73 Å². The Hall–Kier alpha value is -0.100. The van der Waals surface area contributed by atoms with E-state index in [-0.39, 0.29) is 12.4 Å². The van der Waals surface area contributed by atoms with Gasteiger partial charge < -0.3 is 5.73 Å². The van der Waals surface area contributed by atoms with Gasteiger partial charge in [0.15, 0.2) is 0 Å². The van der Waals surface area contributed by atoms with Crippen LogP contribution in [0.5, 0.6) is 0 Å². The van der Waals surface area contributed by atoms with Gasteiger partial charge in [0.1, 0.15) is 0 Å². The lowest BCUT2D eigenvalue weighted by Crippen LogP contribution is -2.30. The van der Waals surface area contributed by atoms with E-state index in [1.807, 2.05) is 18.7 Å². The van der Waals surface area contributed by atoms with Crippen LogP contribution in [0.15, 0.2) is 4.47 Å². The van der Waals surface area contributed by atoms with Crippen molar-refractivity contribution < 1.29 is 0 Å². The first-order valence-corrected chi connectivity index (χ1v) is 7.51. The normalized spacial score (nSPS) is 30.4. The van der Waals surface area contributed by atoms with Crippen molar-refractivity contribution in [1.82, 2.24) is 14.7 Å². The minimum Gasteiger partial charge on any atom is -0.327 e. The number of nitrogens with two attached hydrogens (primary N) is 1. The molecule has 108 valence electrons. The van der Waals surface area contributed by atoms with Crippen LogP contribution in [0.1, 0.15) is 24.2 Å². The summed E-state index contributed by atoms with van der Waals surface area (Å²) >= 11 is 3.65. The second-order valence-electron chi connectivity index (χ2n) is 5.83. The third kappa shape index (κ3) is 2.71. The zero-order valence-corrected chi connectivity index (χ0v) is 13.9. The van der Waals surface area contributed by atoms with Gasteiger partial charge in [0.25, 0.3) is 0 Å². The van der Waals surface area contributed by atoms with Gasteiger partial charge in [0.2, 0.25) is 0 Å². The van der Waals surface area contributed by atoms with E-state index in [9.17, 15) is 0 Å². The third-order valence-electron chi connectivity index (χ3n) is 4.62. The molecule has 3 unspecified atom stereocenters. The Morgan fingerprint density at radius 2 is 2.11 bits per heavy atom. The first-order valence-electron chi connectivity index (χ1n) is 6.72. The molecule has 1 aromatic rings. The summed E-state index contributed by atoms with van der Waals surface area (Å²) in [5.41, 5.74) is 8.54. The molecule has 4 nitrogen and oxygen atoms in total. The van der Waals surface area contributed by atoms with Crippen LogP contribution in [0.3, 0.4) is 0 Å². The predicted molar refractivity (Wildman–Crippen MR) is 82.4 cm³/mol. The summed E-state index contributed by atoms with van der Waals surface area (Å²) in [5.74, 6) is 1.55. The van der Waals surface area contributed by atoms with E-state index in [2.05, 4.69) is 25.9 Å². The lowest BCUT2D eigenvalue weighted by Gasteiger charge is -2.18. The monoisotopic (exact) mass is 348 g/mol. The predicted octanol–water partition coefficient (Wildman–Crippen LogP) is 2.08. The summed E-state index contributed by atoms with van der Waals surface area (Å²) in [5, 5.41) is 4.46. The second kappa shape index (κ2) is 5.72. The fraction of sp³-hybridized carbons (Fsp3) is 0.769. The zero-order valence-electron chi connectivity index (χ0n) is 11.5. The summed E-state index contributed by atoms with van der Waals surface area (Å²) in [6.07, 6.45) is 2.53. The lowest BCUT2D eigenvalue weighted by atomic mass is 9.98. The van der Waals surface area contributed by atoms with Gasteiger partial charge in [-0.25, -0.2) is 0 Å². The quantitative estimate of drug-likeness (QED) is 0.889. The molecule has 0 radical (unpaired) electrons. The van der Waals surface area contributed by atoms with E-state index in [4.69, 9.17) is 5.73 Å². The fourth-order valence-electron chi connectivity index (χ4n) is 3.59. The minimum atomic E-state index is 0. The molecule has 1 aromatic heterocycles. The molecule has 0 aromatic carbocycles. The summed E-state index contributed by atoms with van der Waals surface area (Å²) < 4.78 is 3.15. The Balaban J connectivity index is 0.00000133. The van der Waals surface area contributed by atoms with E-state index in [1.54, 1.807) is 0 Å². The number of rotatable bonds is 2. The molecule has 2 N–H and O–H groups in total. The van der Waals surface area contributed by atoms with E-state index in [1.165, 1.54) is 25.1 Å². The van der Waals surface area contributed by atoms with Crippen LogP contribution in [-0.2, 0) is 13.6 Å². The maximum Gasteiger partial charge on any atom is 0.0739 e. The van der Waals surface area contributed by atoms with Gasteiger partial charge in [-0.2, -0.15) is 5.10 Å². The zero-order chi connectivity index (χ0) is 12.9. The van der Waals surface area contributed by atoms with Crippen molar-refractivity contribution in [3.8, 4) is 0 Å². The molecule has 0 amide bonds. The van der Waals surface area contributed by atoms with E-state index >= 15 is 0 Å². The highest BCUT2D eigenvalue weighted by Gasteiger charge is 2.41. The topological polar surface area (TPSA) is 47.1 Å². The average molecular weight is 350 g/mol. The van der Waals surface area contributed by atoms with Crippen LogP contribution in [0.25, 0.3) is 0 Å². The molecule has 3 atom stereocenters. The Kier molecular flexibility index (Phi) is 4.60. The number of halogens is 2. The number of likely N-dealkylation sites (tertiary alicyclic amines) is 1. The van der Waals surface area contributed by atoms with Gasteiger partial charge in [0, 0.05) is 32.7 Å². The highest BCUT2D eigenvalue weighted by Crippen LogP contribution is 2.38. The smallest absolute Gasteiger partial charge is 0.0739 e. The number of fused-ring (bicyclic) bond motifs is 1. The molecule has 1 aliphatic carbocycles. The fourth-order valence-corrected chi connectivity index (χ4v) is 4.05. The van der Waals surface area contributed by atoms with Gasteiger partial charge in [-0.05, 0) is 47.5 Å². The first kappa shape index (κ1) is 15.3. The molecular weight excluding hydrogens is 328 g/mol. The van der Waals surface area contributed by atoms with Crippen molar-refractivity contribution in [2.24, 2.45) is 24.6 Å². The summed E-state index contributed by atoms with van der Waals surface area (Å²) in [6, 6.07) is 0.428. The van der Waals surface area contributed by atoms with Crippen LogP contribution in [0.2, 0.25) is 0 Å². The van der Waals surface area contributed by atoms with Crippen molar-refractivity contribution in [2.75, 3.05) is 13.1 Å². The number of hydrogen-bond acceptors (Lipinski definition) is 3. The van der Waals surface area contributed by atoms with Crippen LogP contribution in [-0.4, -0.2) is 33.8 Å². The van der Waals surface area contributed by atoms with Crippen LogP contribution in [0.4, 0.5) is 0 Å². The van der Waals surface area contributed by atoms with Crippen molar-refractivity contribution in [3.05, 3.63) is 15.9 Å². The summed E-state index contributed by atoms with van der Waals surface area (Å²) in [6.45, 7) is 5.39. The van der Waals surface area contributed by atoms with E-state index in [0.717, 1.165) is 35.1 Å². The molecule has 1 saturated heterocycles. The minimum absolute atomic E-state index is 0. The maximum atomic E-state index is 6.19. The average Bonchev–Trinajstić information content (AvgIpc) is 2.93. The Morgan fingerprint density at radius 1 is 1.37 bits per heavy atom. The van der Waals surface area contributed by atoms with Crippen LogP contribution >= 0.6 is 28.3 Å². The lowest BCUT2D eigenvalue weighted by molar-refractivity contribution is 0.289. The summed E-state index contributed by atoms with van der Waals surface area (Å²) in [4.78, 5) is 2.54. The van der Waals surface area contributed by atoms with Gasteiger partial charge in [0.05, 0.1) is 15.9 Å². The highest BCUT2D eigenvalue weighted by molar-refractivity contribution is 9.10. The van der Waals surface area contributed by atoms with Crippen molar-refractivity contribution in [2.45, 2.75) is 32.4 Å². The van der Waals surface area contributed by atoms with Crippen molar-refractivity contribution >= 4 is 28.3 Å². The first-order chi connectivity index (χ1) is 8.56. The van der Waals surface area contributed by atoms with Gasteiger partial charge in [-0.1, -0.05) is 0 Å². The number of hydrogen-bond donors (Lipinski definition) is 1. The number of aryl methyl sites for hydroxylation is 2. The van der Waals surface area contributed by atoms with Gasteiger partial charge >= 0.3 is 0 Å². The molecule has 1 saturated carbocycles. The molecule has 6 heteroatoms.